The zero-order valence-electron chi connectivity index (χ0n) is 12.3. The number of amides is 2. The number of para-hydroxylation sites is 2. The van der Waals surface area contributed by atoms with Crippen molar-refractivity contribution in [2.45, 2.75) is 19.4 Å². The fraction of sp³-hybridized carbons (Fsp3) is 0.429. The number of hydrogen-bond donors (Lipinski definition) is 3. The lowest BCUT2D eigenvalue weighted by atomic mass is 10.1. The Morgan fingerprint density at radius 3 is 2.43 bits per heavy atom. The van der Waals surface area contributed by atoms with Crippen LogP contribution >= 0.6 is 0 Å². The van der Waals surface area contributed by atoms with Crippen molar-refractivity contribution in [1.29, 1.82) is 0 Å². The standard InChI is InChI=1S/C14H20N2O5/c1-14(2,12(17)18)16-13(19)15-8-9-21-11-7-5-4-6-10(11)20-3/h4-7H,8-9H2,1-3H3,(H,17,18)(H2,15,16,19). The second kappa shape index (κ2) is 7.37. The molecule has 116 valence electrons. The highest BCUT2D eigenvalue weighted by Gasteiger charge is 2.28. The Bertz CT molecular complexity index is 502. The fourth-order valence-corrected chi connectivity index (χ4v) is 1.45. The number of ether oxygens (including phenoxy) is 2. The zero-order valence-corrected chi connectivity index (χ0v) is 12.3. The van der Waals surface area contributed by atoms with Gasteiger partial charge in [0.05, 0.1) is 13.7 Å². The number of hydrogen-bond acceptors (Lipinski definition) is 4. The third kappa shape index (κ3) is 5.21. The maximum Gasteiger partial charge on any atom is 0.328 e. The maximum absolute atomic E-state index is 11.5. The molecule has 0 radical (unpaired) electrons. The number of aliphatic carboxylic acids is 1. The number of nitrogens with one attached hydrogen (secondary N) is 2. The van der Waals surface area contributed by atoms with Gasteiger partial charge in [-0.05, 0) is 26.0 Å². The maximum atomic E-state index is 11.5. The SMILES string of the molecule is COc1ccccc1OCCNC(=O)NC(C)(C)C(=O)O. The number of carbonyl (C=O) groups is 2. The van der Waals surface area contributed by atoms with Crippen LogP contribution in [-0.4, -0.2) is 42.9 Å². The first kappa shape index (κ1) is 16.6. The van der Waals surface area contributed by atoms with Crippen molar-refractivity contribution in [2.24, 2.45) is 0 Å². The summed E-state index contributed by atoms with van der Waals surface area (Å²) in [5.41, 5.74) is -1.33. The highest BCUT2D eigenvalue weighted by atomic mass is 16.5. The highest BCUT2D eigenvalue weighted by molar-refractivity contribution is 5.85. The van der Waals surface area contributed by atoms with Crippen LogP contribution in [0.15, 0.2) is 24.3 Å². The van der Waals surface area contributed by atoms with Gasteiger partial charge in [-0.1, -0.05) is 12.1 Å². The molecule has 1 aromatic rings. The summed E-state index contributed by atoms with van der Waals surface area (Å²) in [5, 5.41) is 13.8. The lowest BCUT2D eigenvalue weighted by Crippen LogP contribution is -2.53. The van der Waals surface area contributed by atoms with Crippen LogP contribution in [0.5, 0.6) is 11.5 Å². The van der Waals surface area contributed by atoms with Gasteiger partial charge in [0.15, 0.2) is 11.5 Å². The minimum absolute atomic E-state index is 0.236. The summed E-state index contributed by atoms with van der Waals surface area (Å²) in [4.78, 5) is 22.4. The minimum Gasteiger partial charge on any atom is -0.493 e. The van der Waals surface area contributed by atoms with Crippen LogP contribution < -0.4 is 20.1 Å². The van der Waals surface area contributed by atoms with Crippen molar-refractivity contribution in [3.8, 4) is 11.5 Å². The summed E-state index contributed by atoms with van der Waals surface area (Å²) in [7, 11) is 1.54. The van der Waals surface area contributed by atoms with E-state index in [0.717, 1.165) is 0 Å². The molecule has 0 saturated carbocycles. The smallest absolute Gasteiger partial charge is 0.328 e. The summed E-state index contributed by atoms with van der Waals surface area (Å²) in [6.07, 6.45) is 0. The molecule has 1 rings (SSSR count). The molecule has 0 spiro atoms. The number of benzene rings is 1. The monoisotopic (exact) mass is 296 g/mol. The number of carboxylic acids is 1. The quantitative estimate of drug-likeness (QED) is 0.658. The van der Waals surface area contributed by atoms with E-state index < -0.39 is 17.5 Å². The molecule has 0 heterocycles. The van der Waals surface area contributed by atoms with Crippen molar-refractivity contribution in [3.05, 3.63) is 24.3 Å². The van der Waals surface area contributed by atoms with Crippen LogP contribution in [0.2, 0.25) is 0 Å². The molecule has 0 aliphatic heterocycles. The molecule has 7 nitrogen and oxygen atoms in total. The molecule has 21 heavy (non-hydrogen) atoms. The highest BCUT2D eigenvalue weighted by Crippen LogP contribution is 2.25. The molecule has 0 unspecified atom stereocenters. The molecule has 0 aliphatic carbocycles. The molecule has 0 fully saturated rings. The Morgan fingerprint density at radius 1 is 1.24 bits per heavy atom. The molecule has 0 bridgehead atoms. The van der Waals surface area contributed by atoms with E-state index in [9.17, 15) is 9.59 Å². The Balaban J connectivity index is 2.34. The Hall–Kier alpha value is -2.44. The Kier molecular flexibility index (Phi) is 5.83. The lowest BCUT2D eigenvalue weighted by molar-refractivity contribution is -0.142. The predicted octanol–water partition coefficient (Wildman–Crippen LogP) is 1.24. The second-order valence-electron chi connectivity index (χ2n) is 4.81. The van der Waals surface area contributed by atoms with E-state index in [1.807, 2.05) is 12.1 Å². The summed E-state index contributed by atoms with van der Waals surface area (Å²) < 4.78 is 10.6. The van der Waals surface area contributed by atoms with Crippen LogP contribution in [0, 0.1) is 0 Å². The fourth-order valence-electron chi connectivity index (χ4n) is 1.45. The first-order valence-corrected chi connectivity index (χ1v) is 6.42. The van der Waals surface area contributed by atoms with Crippen LogP contribution in [0.4, 0.5) is 4.79 Å². The number of methoxy groups -OCH3 is 1. The largest absolute Gasteiger partial charge is 0.493 e. The number of carbonyl (C=O) groups excluding carboxylic acids is 1. The number of urea groups is 1. The molecular weight excluding hydrogens is 276 g/mol. The van der Waals surface area contributed by atoms with E-state index in [1.54, 1.807) is 19.2 Å². The van der Waals surface area contributed by atoms with Gasteiger partial charge in [-0.25, -0.2) is 9.59 Å². The van der Waals surface area contributed by atoms with Crippen LogP contribution in [0.25, 0.3) is 0 Å². The van der Waals surface area contributed by atoms with Gasteiger partial charge in [-0.3, -0.25) is 0 Å². The zero-order chi connectivity index (χ0) is 15.9. The Morgan fingerprint density at radius 2 is 1.86 bits per heavy atom. The molecule has 7 heteroatoms. The third-order valence-electron chi connectivity index (χ3n) is 2.67. The molecule has 0 saturated heterocycles. The summed E-state index contributed by atoms with van der Waals surface area (Å²) in [6, 6.07) is 6.60. The normalized spacial score (nSPS) is 10.6. The average molecular weight is 296 g/mol. The van der Waals surface area contributed by atoms with Crippen LogP contribution in [0.3, 0.4) is 0 Å². The van der Waals surface area contributed by atoms with Crippen molar-refractivity contribution in [3.63, 3.8) is 0 Å². The van der Waals surface area contributed by atoms with E-state index in [2.05, 4.69) is 10.6 Å². The first-order chi connectivity index (χ1) is 9.86. The van der Waals surface area contributed by atoms with Crippen LogP contribution in [0.1, 0.15) is 13.8 Å². The molecule has 1 aromatic carbocycles. The first-order valence-electron chi connectivity index (χ1n) is 6.42. The summed E-state index contributed by atoms with van der Waals surface area (Å²) >= 11 is 0. The minimum atomic E-state index is -1.33. The molecule has 3 N–H and O–H groups in total. The van der Waals surface area contributed by atoms with E-state index in [1.165, 1.54) is 13.8 Å². The van der Waals surface area contributed by atoms with Crippen molar-refractivity contribution < 1.29 is 24.2 Å². The average Bonchev–Trinajstić information content (AvgIpc) is 2.43. The van der Waals surface area contributed by atoms with Crippen molar-refractivity contribution in [1.82, 2.24) is 10.6 Å². The number of carboxylic acid groups (broad SMARTS) is 1. The molecule has 0 atom stereocenters. The van der Waals surface area contributed by atoms with E-state index >= 15 is 0 Å². The van der Waals surface area contributed by atoms with Gasteiger partial charge < -0.3 is 25.2 Å². The van der Waals surface area contributed by atoms with E-state index in [-0.39, 0.29) is 13.2 Å². The Labute approximate surface area is 123 Å². The second-order valence-corrected chi connectivity index (χ2v) is 4.81. The molecule has 0 aliphatic rings. The van der Waals surface area contributed by atoms with Gasteiger partial charge in [0, 0.05) is 0 Å². The van der Waals surface area contributed by atoms with E-state index in [4.69, 9.17) is 14.6 Å². The molecule has 2 amide bonds. The van der Waals surface area contributed by atoms with Crippen molar-refractivity contribution in [2.75, 3.05) is 20.3 Å². The topological polar surface area (TPSA) is 96.9 Å². The van der Waals surface area contributed by atoms with Gasteiger partial charge in [0.1, 0.15) is 12.1 Å². The van der Waals surface area contributed by atoms with Crippen LogP contribution in [-0.2, 0) is 4.79 Å². The van der Waals surface area contributed by atoms with Gasteiger partial charge in [0.2, 0.25) is 0 Å². The van der Waals surface area contributed by atoms with Crippen molar-refractivity contribution >= 4 is 12.0 Å². The van der Waals surface area contributed by atoms with Gasteiger partial charge in [-0.15, -0.1) is 0 Å². The van der Waals surface area contributed by atoms with E-state index in [0.29, 0.717) is 11.5 Å². The number of rotatable bonds is 7. The predicted molar refractivity (Wildman–Crippen MR) is 76.7 cm³/mol. The summed E-state index contributed by atoms with van der Waals surface area (Å²) in [6.45, 7) is 3.28. The van der Waals surface area contributed by atoms with Gasteiger partial charge in [0.25, 0.3) is 0 Å². The third-order valence-corrected chi connectivity index (χ3v) is 2.67. The lowest BCUT2D eigenvalue weighted by Gasteiger charge is -2.21. The summed E-state index contributed by atoms with van der Waals surface area (Å²) in [5.74, 6) is 0.0740. The molecule has 0 aromatic heterocycles. The van der Waals surface area contributed by atoms with Gasteiger partial charge >= 0.3 is 12.0 Å². The van der Waals surface area contributed by atoms with Gasteiger partial charge in [-0.2, -0.15) is 0 Å². The molecular formula is C14H20N2O5.